The third kappa shape index (κ3) is 2.51. The Morgan fingerprint density at radius 1 is 1.18 bits per heavy atom. The van der Waals surface area contributed by atoms with E-state index in [1.807, 2.05) is 0 Å². The van der Waals surface area contributed by atoms with Gasteiger partial charge in [-0.3, -0.25) is 0 Å². The van der Waals surface area contributed by atoms with Gasteiger partial charge in [-0.15, -0.1) is 0 Å². The van der Waals surface area contributed by atoms with Crippen LogP contribution in [0.15, 0.2) is 0 Å². The van der Waals surface area contributed by atoms with Gasteiger partial charge in [0.05, 0.1) is 12.2 Å². The smallest absolute Gasteiger partial charge is 0.0939 e. The first kappa shape index (κ1) is 11.9. The summed E-state index contributed by atoms with van der Waals surface area (Å²) in [5, 5.41) is 3.59. The van der Waals surface area contributed by atoms with Gasteiger partial charge in [0.2, 0.25) is 0 Å². The van der Waals surface area contributed by atoms with Gasteiger partial charge in [-0.25, -0.2) is 0 Å². The highest BCUT2D eigenvalue weighted by Crippen LogP contribution is 2.40. The second-order valence-electron chi connectivity index (χ2n) is 6.35. The highest BCUT2D eigenvalue weighted by atomic mass is 16.6. The molecule has 3 rings (SSSR count). The van der Waals surface area contributed by atoms with Crippen LogP contribution in [-0.4, -0.2) is 38.5 Å². The van der Waals surface area contributed by atoms with Crippen molar-refractivity contribution in [3.8, 4) is 0 Å². The van der Waals surface area contributed by atoms with Crippen molar-refractivity contribution in [2.75, 3.05) is 32.9 Å². The molecule has 0 amide bonds. The summed E-state index contributed by atoms with van der Waals surface area (Å²) in [6.45, 7) is 7.46. The molecule has 98 valence electrons. The van der Waals surface area contributed by atoms with Crippen LogP contribution in [-0.2, 0) is 9.47 Å². The van der Waals surface area contributed by atoms with E-state index < -0.39 is 0 Å². The molecule has 0 aromatic carbocycles. The van der Waals surface area contributed by atoms with Gasteiger partial charge in [0.15, 0.2) is 0 Å². The first-order valence-electron chi connectivity index (χ1n) is 7.20. The SMILES string of the molecule is CC1CNCC(C2CCOC3(CCOC3)C2)C1. The topological polar surface area (TPSA) is 30.5 Å². The van der Waals surface area contributed by atoms with Crippen LogP contribution in [0.1, 0.15) is 32.6 Å². The Labute approximate surface area is 104 Å². The molecule has 3 saturated heterocycles. The normalized spacial score (nSPS) is 47.5. The molecule has 1 N–H and O–H groups in total. The lowest BCUT2D eigenvalue weighted by Gasteiger charge is -2.42. The van der Waals surface area contributed by atoms with E-state index in [4.69, 9.17) is 9.47 Å². The lowest BCUT2D eigenvalue weighted by molar-refractivity contribution is -0.108. The van der Waals surface area contributed by atoms with Crippen LogP contribution in [0.3, 0.4) is 0 Å². The van der Waals surface area contributed by atoms with E-state index >= 15 is 0 Å². The number of rotatable bonds is 1. The number of piperidine rings is 1. The van der Waals surface area contributed by atoms with E-state index in [2.05, 4.69) is 12.2 Å². The first-order valence-corrected chi connectivity index (χ1v) is 7.20. The molecule has 0 aliphatic carbocycles. The molecule has 4 unspecified atom stereocenters. The molecule has 0 saturated carbocycles. The van der Waals surface area contributed by atoms with E-state index in [1.54, 1.807) is 0 Å². The Bertz CT molecular complexity index is 263. The third-order valence-corrected chi connectivity index (χ3v) is 4.87. The monoisotopic (exact) mass is 239 g/mol. The fourth-order valence-electron chi connectivity index (χ4n) is 3.89. The predicted molar refractivity (Wildman–Crippen MR) is 67.0 cm³/mol. The molecule has 3 aliphatic rings. The van der Waals surface area contributed by atoms with Crippen molar-refractivity contribution in [3.63, 3.8) is 0 Å². The summed E-state index contributed by atoms with van der Waals surface area (Å²) >= 11 is 0. The van der Waals surface area contributed by atoms with Crippen molar-refractivity contribution in [2.24, 2.45) is 17.8 Å². The number of hydrogen-bond acceptors (Lipinski definition) is 3. The average molecular weight is 239 g/mol. The minimum absolute atomic E-state index is 0.0869. The van der Waals surface area contributed by atoms with Crippen LogP contribution in [0.5, 0.6) is 0 Å². The fourth-order valence-corrected chi connectivity index (χ4v) is 3.89. The molecule has 17 heavy (non-hydrogen) atoms. The van der Waals surface area contributed by atoms with Gasteiger partial charge in [-0.2, -0.15) is 0 Å². The van der Waals surface area contributed by atoms with E-state index in [0.29, 0.717) is 0 Å². The van der Waals surface area contributed by atoms with Crippen LogP contribution in [0.25, 0.3) is 0 Å². The average Bonchev–Trinajstić information content (AvgIpc) is 2.77. The molecule has 0 bridgehead atoms. The zero-order chi connectivity index (χ0) is 11.7. The maximum absolute atomic E-state index is 6.03. The predicted octanol–water partition coefficient (Wildman–Crippen LogP) is 1.82. The molecule has 3 nitrogen and oxygen atoms in total. The van der Waals surface area contributed by atoms with Crippen LogP contribution < -0.4 is 5.32 Å². The Hall–Kier alpha value is -0.120. The van der Waals surface area contributed by atoms with E-state index in [9.17, 15) is 0 Å². The van der Waals surface area contributed by atoms with Gasteiger partial charge in [-0.05, 0) is 50.1 Å². The van der Waals surface area contributed by atoms with Crippen molar-refractivity contribution >= 4 is 0 Å². The van der Waals surface area contributed by atoms with Crippen LogP contribution >= 0.6 is 0 Å². The molecular weight excluding hydrogens is 214 g/mol. The summed E-state index contributed by atoms with van der Waals surface area (Å²) in [7, 11) is 0. The van der Waals surface area contributed by atoms with Crippen molar-refractivity contribution in [3.05, 3.63) is 0 Å². The van der Waals surface area contributed by atoms with Gasteiger partial charge in [0, 0.05) is 19.6 Å². The quantitative estimate of drug-likeness (QED) is 0.757. The maximum Gasteiger partial charge on any atom is 0.0939 e. The lowest BCUT2D eigenvalue weighted by Crippen LogP contribution is -2.46. The molecule has 3 aliphatic heterocycles. The minimum Gasteiger partial charge on any atom is -0.378 e. The van der Waals surface area contributed by atoms with Crippen LogP contribution in [0.2, 0.25) is 0 Å². The molecule has 0 aromatic rings. The van der Waals surface area contributed by atoms with Gasteiger partial charge < -0.3 is 14.8 Å². The summed E-state index contributed by atoms with van der Waals surface area (Å²) in [6.07, 6.45) is 4.99. The van der Waals surface area contributed by atoms with Gasteiger partial charge in [-0.1, -0.05) is 6.92 Å². The Morgan fingerprint density at radius 2 is 2.12 bits per heavy atom. The van der Waals surface area contributed by atoms with E-state index in [1.165, 1.54) is 32.4 Å². The van der Waals surface area contributed by atoms with E-state index in [0.717, 1.165) is 44.0 Å². The second-order valence-corrected chi connectivity index (χ2v) is 6.35. The highest BCUT2D eigenvalue weighted by Gasteiger charge is 2.43. The summed E-state index contributed by atoms with van der Waals surface area (Å²) in [5.74, 6) is 2.55. The van der Waals surface area contributed by atoms with E-state index in [-0.39, 0.29) is 5.60 Å². The molecule has 0 radical (unpaired) electrons. The first-order chi connectivity index (χ1) is 8.27. The van der Waals surface area contributed by atoms with Crippen molar-refractivity contribution in [2.45, 2.75) is 38.2 Å². The molecule has 3 fully saturated rings. The summed E-state index contributed by atoms with van der Waals surface area (Å²) < 4.78 is 11.6. The number of hydrogen-bond donors (Lipinski definition) is 1. The second kappa shape index (κ2) is 4.87. The molecule has 0 aromatic heterocycles. The maximum atomic E-state index is 6.03. The lowest BCUT2D eigenvalue weighted by atomic mass is 9.74. The molecule has 3 heterocycles. The van der Waals surface area contributed by atoms with Crippen molar-refractivity contribution < 1.29 is 9.47 Å². The summed E-state index contributed by atoms with van der Waals surface area (Å²) in [6, 6.07) is 0. The standard InChI is InChI=1S/C14H25NO2/c1-11-6-13(9-15-8-11)12-2-4-17-14(7-12)3-5-16-10-14/h11-13,15H,2-10H2,1H3. The minimum atomic E-state index is 0.0869. The van der Waals surface area contributed by atoms with Crippen LogP contribution in [0.4, 0.5) is 0 Å². The molecular formula is C14H25NO2. The highest BCUT2D eigenvalue weighted by molar-refractivity contribution is 4.93. The number of nitrogens with one attached hydrogen (secondary N) is 1. The fraction of sp³-hybridized carbons (Fsp3) is 1.00. The van der Waals surface area contributed by atoms with Gasteiger partial charge in [0.1, 0.15) is 0 Å². The van der Waals surface area contributed by atoms with Crippen LogP contribution in [0, 0.1) is 17.8 Å². The molecule has 4 atom stereocenters. The Morgan fingerprint density at radius 3 is 2.88 bits per heavy atom. The van der Waals surface area contributed by atoms with Gasteiger partial charge >= 0.3 is 0 Å². The zero-order valence-corrected chi connectivity index (χ0v) is 10.9. The third-order valence-electron chi connectivity index (χ3n) is 4.87. The molecule has 1 spiro atoms. The Kier molecular flexibility index (Phi) is 3.42. The van der Waals surface area contributed by atoms with Crippen molar-refractivity contribution in [1.29, 1.82) is 0 Å². The largest absolute Gasteiger partial charge is 0.378 e. The zero-order valence-electron chi connectivity index (χ0n) is 10.9. The summed E-state index contributed by atoms with van der Waals surface area (Å²) in [4.78, 5) is 0. The van der Waals surface area contributed by atoms with Crippen molar-refractivity contribution in [1.82, 2.24) is 5.32 Å². The number of ether oxygens (including phenoxy) is 2. The van der Waals surface area contributed by atoms with Gasteiger partial charge in [0.25, 0.3) is 0 Å². The molecule has 3 heteroatoms. The summed E-state index contributed by atoms with van der Waals surface area (Å²) in [5.41, 5.74) is 0.0869. The Balaban J connectivity index is 1.62.